The predicted octanol–water partition coefficient (Wildman–Crippen LogP) is 2.01. The van der Waals surface area contributed by atoms with Crippen LogP contribution in [0.25, 0.3) is 0 Å². The van der Waals surface area contributed by atoms with Gasteiger partial charge in [0.25, 0.3) is 5.91 Å². The quantitative estimate of drug-likeness (QED) is 0.878. The minimum absolute atomic E-state index is 0.0752. The average Bonchev–Trinajstić information content (AvgIpc) is 2.48. The van der Waals surface area contributed by atoms with Crippen LogP contribution in [0.1, 0.15) is 29.0 Å². The molecule has 1 atom stereocenters. The number of carbonyl (C=O) groups excluding carboxylic acids is 1. The van der Waals surface area contributed by atoms with Crippen LogP contribution in [0.2, 0.25) is 0 Å². The van der Waals surface area contributed by atoms with Gasteiger partial charge in [0.05, 0.1) is 18.4 Å². The Labute approximate surface area is 112 Å². The summed E-state index contributed by atoms with van der Waals surface area (Å²) in [6, 6.07) is 9.70. The van der Waals surface area contributed by atoms with E-state index in [0.717, 1.165) is 5.56 Å². The molecule has 1 aromatic carbocycles. The summed E-state index contributed by atoms with van der Waals surface area (Å²) in [5, 5.41) is 5.75. The Bertz CT molecular complexity index is 556. The van der Waals surface area contributed by atoms with Crippen molar-refractivity contribution in [1.29, 1.82) is 0 Å². The van der Waals surface area contributed by atoms with Gasteiger partial charge >= 0.3 is 0 Å². The first-order valence-corrected chi connectivity index (χ1v) is 6.06. The summed E-state index contributed by atoms with van der Waals surface area (Å²) in [5.74, 6) is 0.334. The van der Waals surface area contributed by atoms with Crippen molar-refractivity contribution in [3.8, 4) is 0 Å². The molecular formula is C14H16N4O. The van der Waals surface area contributed by atoms with E-state index in [2.05, 4.69) is 20.6 Å². The second-order valence-electron chi connectivity index (χ2n) is 4.15. The van der Waals surface area contributed by atoms with E-state index in [1.165, 1.54) is 6.20 Å². The molecule has 1 aromatic heterocycles. The summed E-state index contributed by atoms with van der Waals surface area (Å²) in [6.45, 7) is 1.93. The van der Waals surface area contributed by atoms with E-state index in [-0.39, 0.29) is 11.9 Å². The molecule has 1 heterocycles. The molecule has 1 amide bonds. The Balaban J connectivity index is 2.08. The molecule has 1 unspecified atom stereocenters. The second-order valence-corrected chi connectivity index (χ2v) is 4.15. The normalized spacial score (nSPS) is 11.7. The van der Waals surface area contributed by atoms with E-state index in [1.807, 2.05) is 37.3 Å². The van der Waals surface area contributed by atoms with Crippen LogP contribution < -0.4 is 10.6 Å². The van der Waals surface area contributed by atoms with Crippen LogP contribution in [0.4, 0.5) is 5.82 Å². The van der Waals surface area contributed by atoms with Crippen molar-refractivity contribution in [2.45, 2.75) is 13.0 Å². The van der Waals surface area contributed by atoms with Crippen molar-refractivity contribution in [2.24, 2.45) is 0 Å². The van der Waals surface area contributed by atoms with Crippen LogP contribution in [-0.2, 0) is 0 Å². The fourth-order valence-corrected chi connectivity index (χ4v) is 1.69. The van der Waals surface area contributed by atoms with Gasteiger partial charge in [0.2, 0.25) is 0 Å². The van der Waals surface area contributed by atoms with E-state index in [1.54, 1.807) is 13.2 Å². The third-order valence-corrected chi connectivity index (χ3v) is 2.77. The van der Waals surface area contributed by atoms with Gasteiger partial charge in [-0.15, -0.1) is 0 Å². The summed E-state index contributed by atoms with van der Waals surface area (Å²) in [6.07, 6.45) is 3.02. The highest BCUT2D eigenvalue weighted by Gasteiger charge is 2.13. The molecule has 0 saturated heterocycles. The Hall–Kier alpha value is -2.43. The summed E-state index contributed by atoms with van der Waals surface area (Å²) < 4.78 is 0. The van der Waals surface area contributed by atoms with E-state index in [4.69, 9.17) is 0 Å². The SMILES string of the molecule is CNc1cncc(C(=O)NC(C)c2ccccc2)n1. The number of aromatic nitrogens is 2. The molecular weight excluding hydrogens is 240 g/mol. The van der Waals surface area contributed by atoms with Crippen molar-refractivity contribution in [2.75, 3.05) is 12.4 Å². The number of amides is 1. The maximum Gasteiger partial charge on any atom is 0.272 e. The summed E-state index contributed by atoms with van der Waals surface area (Å²) in [7, 11) is 1.73. The molecule has 0 aliphatic heterocycles. The van der Waals surface area contributed by atoms with E-state index >= 15 is 0 Å². The maximum atomic E-state index is 12.1. The predicted molar refractivity (Wildman–Crippen MR) is 73.9 cm³/mol. The number of rotatable bonds is 4. The van der Waals surface area contributed by atoms with Crippen LogP contribution in [0.3, 0.4) is 0 Å². The van der Waals surface area contributed by atoms with Gasteiger partial charge in [-0.2, -0.15) is 0 Å². The molecule has 2 N–H and O–H groups in total. The number of benzene rings is 1. The third-order valence-electron chi connectivity index (χ3n) is 2.77. The topological polar surface area (TPSA) is 66.9 Å². The number of nitrogens with zero attached hydrogens (tertiary/aromatic N) is 2. The first kappa shape index (κ1) is 13.0. The first-order chi connectivity index (χ1) is 9.20. The molecule has 5 heteroatoms. The largest absolute Gasteiger partial charge is 0.372 e. The Morgan fingerprint density at radius 3 is 2.63 bits per heavy atom. The number of nitrogens with one attached hydrogen (secondary N) is 2. The van der Waals surface area contributed by atoms with Crippen molar-refractivity contribution in [1.82, 2.24) is 15.3 Å². The molecule has 5 nitrogen and oxygen atoms in total. The van der Waals surface area contributed by atoms with Crippen molar-refractivity contribution in [3.63, 3.8) is 0 Å². The van der Waals surface area contributed by atoms with Crippen LogP contribution in [0.5, 0.6) is 0 Å². The van der Waals surface area contributed by atoms with E-state index < -0.39 is 0 Å². The fraction of sp³-hybridized carbons (Fsp3) is 0.214. The molecule has 2 rings (SSSR count). The number of hydrogen-bond acceptors (Lipinski definition) is 4. The minimum atomic E-state index is -0.235. The molecule has 0 bridgehead atoms. The molecule has 0 saturated carbocycles. The third kappa shape index (κ3) is 3.28. The lowest BCUT2D eigenvalue weighted by Gasteiger charge is -2.13. The number of carbonyl (C=O) groups is 1. The van der Waals surface area contributed by atoms with Crippen molar-refractivity contribution >= 4 is 11.7 Å². The average molecular weight is 256 g/mol. The highest BCUT2D eigenvalue weighted by molar-refractivity contribution is 5.92. The summed E-state index contributed by atoms with van der Waals surface area (Å²) in [5.41, 5.74) is 1.35. The molecule has 0 aliphatic carbocycles. The summed E-state index contributed by atoms with van der Waals surface area (Å²) >= 11 is 0. The van der Waals surface area contributed by atoms with E-state index in [0.29, 0.717) is 11.5 Å². The van der Waals surface area contributed by atoms with Gasteiger partial charge in [-0.25, -0.2) is 4.98 Å². The monoisotopic (exact) mass is 256 g/mol. The van der Waals surface area contributed by atoms with Crippen LogP contribution in [0.15, 0.2) is 42.7 Å². The Morgan fingerprint density at radius 1 is 1.21 bits per heavy atom. The molecule has 0 radical (unpaired) electrons. The lowest BCUT2D eigenvalue weighted by molar-refractivity contribution is 0.0934. The van der Waals surface area contributed by atoms with Gasteiger partial charge < -0.3 is 10.6 Å². The van der Waals surface area contributed by atoms with Gasteiger partial charge in [-0.1, -0.05) is 30.3 Å². The molecule has 19 heavy (non-hydrogen) atoms. The molecule has 98 valence electrons. The van der Waals surface area contributed by atoms with Crippen LogP contribution in [0, 0.1) is 0 Å². The smallest absolute Gasteiger partial charge is 0.272 e. The summed E-state index contributed by atoms with van der Waals surface area (Å²) in [4.78, 5) is 20.2. The lowest BCUT2D eigenvalue weighted by atomic mass is 10.1. The molecule has 0 fully saturated rings. The second kappa shape index (κ2) is 5.95. The lowest BCUT2D eigenvalue weighted by Crippen LogP contribution is -2.27. The molecule has 2 aromatic rings. The van der Waals surface area contributed by atoms with Crippen LogP contribution in [-0.4, -0.2) is 22.9 Å². The van der Waals surface area contributed by atoms with Crippen molar-refractivity contribution in [3.05, 3.63) is 54.0 Å². The highest BCUT2D eigenvalue weighted by Crippen LogP contribution is 2.12. The Kier molecular flexibility index (Phi) is 4.07. The number of anilines is 1. The standard InChI is InChI=1S/C14H16N4O/c1-10(11-6-4-3-5-7-11)17-14(19)12-8-16-9-13(15-2)18-12/h3-10H,1-2H3,(H,15,18)(H,17,19). The minimum Gasteiger partial charge on any atom is -0.372 e. The first-order valence-electron chi connectivity index (χ1n) is 6.06. The van der Waals surface area contributed by atoms with Crippen LogP contribution >= 0.6 is 0 Å². The zero-order valence-corrected chi connectivity index (χ0v) is 10.9. The van der Waals surface area contributed by atoms with Gasteiger partial charge in [0, 0.05) is 7.05 Å². The van der Waals surface area contributed by atoms with Gasteiger partial charge in [-0.05, 0) is 12.5 Å². The maximum absolute atomic E-state index is 12.1. The van der Waals surface area contributed by atoms with E-state index in [9.17, 15) is 4.79 Å². The van der Waals surface area contributed by atoms with Gasteiger partial charge in [-0.3, -0.25) is 9.78 Å². The van der Waals surface area contributed by atoms with Crippen molar-refractivity contribution < 1.29 is 4.79 Å². The highest BCUT2D eigenvalue weighted by atomic mass is 16.1. The fourth-order valence-electron chi connectivity index (χ4n) is 1.69. The zero-order chi connectivity index (χ0) is 13.7. The van der Waals surface area contributed by atoms with Gasteiger partial charge in [0.1, 0.15) is 11.5 Å². The zero-order valence-electron chi connectivity index (χ0n) is 10.9. The molecule has 0 aliphatic rings. The Morgan fingerprint density at radius 2 is 1.95 bits per heavy atom. The molecule has 0 spiro atoms. The van der Waals surface area contributed by atoms with Gasteiger partial charge in [0.15, 0.2) is 0 Å². The number of hydrogen-bond donors (Lipinski definition) is 2.